The van der Waals surface area contributed by atoms with E-state index in [0.29, 0.717) is 9.80 Å². The number of carbonyl (C=O) groups excluding carboxylic acids is 4. The lowest BCUT2D eigenvalue weighted by Gasteiger charge is -2.35. The van der Waals surface area contributed by atoms with Crippen molar-refractivity contribution < 1.29 is 48.5 Å². The molecule has 2 N–H and O–H groups in total. The van der Waals surface area contributed by atoms with Gasteiger partial charge in [0.05, 0.1) is 26.4 Å². The average molecular weight is 623 g/mol. The summed E-state index contributed by atoms with van der Waals surface area (Å²) in [5.74, 6) is -6.65. The van der Waals surface area contributed by atoms with Gasteiger partial charge in [0.15, 0.2) is 12.1 Å². The van der Waals surface area contributed by atoms with Gasteiger partial charge in [0, 0.05) is 33.0 Å². The molecular weight excluding hydrogens is 596 g/mol. The fourth-order valence-electron chi connectivity index (χ4n) is 5.72. The molecular formula is C34H26N2O10. The molecule has 4 aromatic rings. The first-order valence-corrected chi connectivity index (χ1v) is 14.2. The fourth-order valence-corrected chi connectivity index (χ4v) is 5.72. The van der Waals surface area contributed by atoms with Gasteiger partial charge in [0.25, 0.3) is 23.6 Å². The normalized spacial score (nSPS) is 15.3. The summed E-state index contributed by atoms with van der Waals surface area (Å²) in [5.41, 5.74) is 1.20. The van der Waals surface area contributed by atoms with Crippen molar-refractivity contribution in [3.8, 4) is 0 Å². The van der Waals surface area contributed by atoms with E-state index in [-0.39, 0.29) is 46.2 Å². The highest BCUT2D eigenvalue weighted by molar-refractivity contribution is 6.34. The van der Waals surface area contributed by atoms with Crippen LogP contribution in [0.15, 0.2) is 84.9 Å². The van der Waals surface area contributed by atoms with E-state index in [0.717, 1.165) is 11.1 Å². The van der Waals surface area contributed by atoms with Gasteiger partial charge >= 0.3 is 11.9 Å². The quantitative estimate of drug-likeness (QED) is 0.224. The van der Waals surface area contributed by atoms with E-state index in [1.807, 2.05) is 12.1 Å². The maximum atomic E-state index is 13.7. The summed E-state index contributed by atoms with van der Waals surface area (Å²) in [4.78, 5) is 80.5. The molecule has 2 atom stereocenters. The SMILES string of the molecule is O=C(O)[C@H](COCc1ccccc1)N1C(=O)c2ccc3c4c(ccc(c24)C1=O)C(=O)N([C@@H](COCc1ccccc1)C(=O)O)C3=O. The summed E-state index contributed by atoms with van der Waals surface area (Å²) < 4.78 is 11.1. The van der Waals surface area contributed by atoms with Crippen molar-refractivity contribution in [2.24, 2.45) is 0 Å². The van der Waals surface area contributed by atoms with Crippen LogP contribution in [0.1, 0.15) is 52.6 Å². The van der Waals surface area contributed by atoms with Crippen LogP contribution in [-0.4, -0.2) is 80.9 Å². The number of hydrogen-bond donors (Lipinski definition) is 2. The lowest BCUT2D eigenvalue weighted by atomic mass is 9.85. The second-order valence-corrected chi connectivity index (χ2v) is 10.7. The van der Waals surface area contributed by atoms with E-state index in [2.05, 4.69) is 0 Å². The Hall–Kier alpha value is -5.72. The minimum absolute atomic E-state index is 0.0177. The van der Waals surface area contributed by atoms with Crippen molar-refractivity contribution in [2.75, 3.05) is 13.2 Å². The molecule has 6 rings (SSSR count). The molecule has 0 radical (unpaired) electrons. The molecule has 0 fully saturated rings. The maximum absolute atomic E-state index is 13.7. The van der Waals surface area contributed by atoms with Crippen molar-refractivity contribution in [1.29, 1.82) is 0 Å². The molecule has 0 aliphatic carbocycles. The second-order valence-electron chi connectivity index (χ2n) is 10.7. The summed E-state index contributed by atoms with van der Waals surface area (Å²) in [6.07, 6.45) is 0. The number of amides is 4. The summed E-state index contributed by atoms with van der Waals surface area (Å²) in [6, 6.07) is 19.6. The number of benzene rings is 4. The highest BCUT2D eigenvalue weighted by Gasteiger charge is 2.46. The highest BCUT2D eigenvalue weighted by atomic mass is 16.5. The lowest BCUT2D eigenvalue weighted by Crippen LogP contribution is -2.54. The maximum Gasteiger partial charge on any atom is 0.329 e. The molecule has 4 aromatic carbocycles. The first-order valence-electron chi connectivity index (χ1n) is 14.2. The number of carboxylic acids is 2. The zero-order valence-electron chi connectivity index (χ0n) is 24.1. The Morgan fingerprint density at radius 3 is 1.11 bits per heavy atom. The van der Waals surface area contributed by atoms with Gasteiger partial charge in [-0.2, -0.15) is 0 Å². The minimum atomic E-state index is -1.66. The Bertz CT molecular complexity index is 1700. The number of imide groups is 2. The average Bonchev–Trinajstić information content (AvgIpc) is 3.05. The number of carbonyl (C=O) groups is 6. The number of rotatable bonds is 12. The van der Waals surface area contributed by atoms with Crippen molar-refractivity contribution in [1.82, 2.24) is 9.80 Å². The molecule has 0 saturated heterocycles. The van der Waals surface area contributed by atoms with Crippen LogP contribution in [-0.2, 0) is 32.3 Å². The van der Waals surface area contributed by atoms with Crippen LogP contribution >= 0.6 is 0 Å². The molecule has 12 heteroatoms. The second kappa shape index (κ2) is 12.3. The molecule has 4 amide bonds. The predicted molar refractivity (Wildman–Crippen MR) is 160 cm³/mol. The zero-order chi connectivity index (χ0) is 32.5. The van der Waals surface area contributed by atoms with Crippen molar-refractivity contribution in [2.45, 2.75) is 25.3 Å². The van der Waals surface area contributed by atoms with E-state index in [9.17, 15) is 39.0 Å². The van der Waals surface area contributed by atoms with E-state index in [1.54, 1.807) is 48.5 Å². The standard InChI is InChI=1S/C34H26N2O10/c37-29-21-11-13-23-28-24(32(40)36(31(23)39)26(34(43)44)18-46-16-20-9-5-2-6-10-20)14-12-22(27(21)28)30(38)35(29)25(33(41)42)17-45-15-19-7-3-1-4-8-19/h1-14,25-26H,15-18H2,(H,41,42)(H,43,44)/t25-,26-/m0/s1. The van der Waals surface area contributed by atoms with E-state index in [4.69, 9.17) is 9.47 Å². The minimum Gasteiger partial charge on any atom is -0.480 e. The van der Waals surface area contributed by atoms with Crippen LogP contribution in [0.4, 0.5) is 0 Å². The van der Waals surface area contributed by atoms with Gasteiger partial charge in [-0.1, -0.05) is 60.7 Å². The number of hydrogen-bond acceptors (Lipinski definition) is 8. The first kappa shape index (κ1) is 30.3. The molecule has 0 spiro atoms. The van der Waals surface area contributed by atoms with Crippen molar-refractivity contribution in [3.63, 3.8) is 0 Å². The molecule has 0 saturated carbocycles. The molecule has 2 aliphatic heterocycles. The summed E-state index contributed by atoms with van der Waals surface area (Å²) in [6.45, 7) is -0.861. The highest BCUT2D eigenvalue weighted by Crippen LogP contribution is 2.39. The van der Waals surface area contributed by atoms with E-state index >= 15 is 0 Å². The summed E-state index contributed by atoms with van der Waals surface area (Å²) in [5, 5.41) is 20.0. The largest absolute Gasteiger partial charge is 0.480 e. The Kier molecular flexibility index (Phi) is 8.14. The molecule has 0 aromatic heterocycles. The van der Waals surface area contributed by atoms with Crippen LogP contribution in [0, 0.1) is 0 Å². The molecule has 0 unspecified atom stereocenters. The number of ether oxygens (including phenoxy) is 2. The summed E-state index contributed by atoms with van der Waals surface area (Å²) in [7, 11) is 0. The molecule has 0 bridgehead atoms. The van der Waals surface area contributed by atoms with Crippen molar-refractivity contribution in [3.05, 3.63) is 118 Å². The van der Waals surface area contributed by atoms with Gasteiger partial charge in [-0.3, -0.25) is 29.0 Å². The van der Waals surface area contributed by atoms with Crippen LogP contribution in [0.2, 0.25) is 0 Å². The first-order chi connectivity index (χ1) is 22.2. The Balaban J connectivity index is 1.30. The smallest absolute Gasteiger partial charge is 0.329 e. The van der Waals surface area contributed by atoms with E-state index < -0.39 is 60.9 Å². The third-order valence-electron chi connectivity index (χ3n) is 7.93. The Morgan fingerprint density at radius 2 is 0.826 bits per heavy atom. The number of aliphatic carboxylic acids is 2. The number of nitrogens with zero attached hydrogens (tertiary/aromatic N) is 2. The molecule has 2 heterocycles. The van der Waals surface area contributed by atoms with Crippen LogP contribution in [0.3, 0.4) is 0 Å². The third-order valence-corrected chi connectivity index (χ3v) is 7.93. The number of carboxylic acid groups (broad SMARTS) is 2. The van der Waals surface area contributed by atoms with E-state index in [1.165, 1.54) is 24.3 Å². The monoisotopic (exact) mass is 622 g/mol. The van der Waals surface area contributed by atoms with Crippen LogP contribution in [0.5, 0.6) is 0 Å². The van der Waals surface area contributed by atoms with Gasteiger partial charge in [0.1, 0.15) is 0 Å². The lowest BCUT2D eigenvalue weighted by molar-refractivity contribution is -0.144. The molecule has 12 nitrogen and oxygen atoms in total. The van der Waals surface area contributed by atoms with Gasteiger partial charge < -0.3 is 19.7 Å². The topological polar surface area (TPSA) is 168 Å². The molecule has 46 heavy (non-hydrogen) atoms. The van der Waals surface area contributed by atoms with Gasteiger partial charge in [-0.25, -0.2) is 9.59 Å². The predicted octanol–water partition coefficient (Wildman–Crippen LogP) is 3.37. The fraction of sp³-hybridized carbons (Fsp3) is 0.176. The zero-order valence-corrected chi connectivity index (χ0v) is 24.1. The summed E-state index contributed by atoms with van der Waals surface area (Å²) >= 11 is 0. The van der Waals surface area contributed by atoms with Crippen LogP contribution < -0.4 is 0 Å². The van der Waals surface area contributed by atoms with Crippen molar-refractivity contribution >= 4 is 46.3 Å². The van der Waals surface area contributed by atoms with Gasteiger partial charge in [-0.05, 0) is 35.4 Å². The molecule has 2 aliphatic rings. The van der Waals surface area contributed by atoms with Crippen LogP contribution in [0.25, 0.3) is 10.8 Å². The molecule has 232 valence electrons. The Morgan fingerprint density at radius 1 is 0.522 bits per heavy atom. The van der Waals surface area contributed by atoms with Gasteiger partial charge in [-0.15, -0.1) is 0 Å². The Labute approximate surface area is 261 Å². The van der Waals surface area contributed by atoms with Gasteiger partial charge in [0.2, 0.25) is 0 Å². The third kappa shape index (κ3) is 5.29.